The van der Waals surface area contributed by atoms with Gasteiger partial charge in [-0.1, -0.05) is 30.0 Å². The van der Waals surface area contributed by atoms with E-state index in [0.29, 0.717) is 0 Å². The Balaban J connectivity index is 1.65. The first kappa shape index (κ1) is 10.2. The summed E-state index contributed by atoms with van der Waals surface area (Å²) in [5.74, 6) is 0.935. The Kier molecular flexibility index (Phi) is 2.64. The van der Waals surface area contributed by atoms with Crippen molar-refractivity contribution in [2.75, 3.05) is 11.9 Å². The Morgan fingerprint density at radius 1 is 1.31 bits per heavy atom. The third kappa shape index (κ3) is 2.09. The fraction of sp³-hybridized carbons (Fsp3) is 0.462. The summed E-state index contributed by atoms with van der Waals surface area (Å²) in [6, 6.07) is 8.37. The van der Waals surface area contributed by atoms with Gasteiger partial charge in [-0.3, -0.25) is 4.99 Å². The fourth-order valence-electron chi connectivity index (χ4n) is 2.00. The maximum absolute atomic E-state index is 4.58. The van der Waals surface area contributed by atoms with Gasteiger partial charge in [-0.15, -0.1) is 0 Å². The van der Waals surface area contributed by atoms with E-state index in [-0.39, 0.29) is 0 Å². The summed E-state index contributed by atoms with van der Waals surface area (Å²) in [7, 11) is 0. The van der Waals surface area contributed by atoms with Gasteiger partial charge in [0.05, 0.1) is 6.54 Å². The topological polar surface area (TPSA) is 24.4 Å². The van der Waals surface area contributed by atoms with E-state index < -0.39 is 0 Å². The van der Waals surface area contributed by atoms with Crippen LogP contribution in [0.4, 0.5) is 5.69 Å². The molecule has 2 aliphatic rings. The molecule has 3 heteroatoms. The number of thioether (sulfide) groups is 1. The minimum Gasteiger partial charge on any atom is -0.335 e. The van der Waals surface area contributed by atoms with Gasteiger partial charge in [0.25, 0.3) is 0 Å². The molecule has 1 unspecified atom stereocenters. The van der Waals surface area contributed by atoms with Crippen LogP contribution >= 0.6 is 11.8 Å². The molecule has 0 radical (unpaired) electrons. The maximum atomic E-state index is 4.58. The van der Waals surface area contributed by atoms with Crippen LogP contribution in [0.25, 0.3) is 0 Å². The molecule has 0 spiro atoms. The van der Waals surface area contributed by atoms with E-state index in [1.54, 1.807) is 0 Å². The van der Waals surface area contributed by atoms with Crippen LogP contribution < -0.4 is 5.32 Å². The number of hydrogen-bond donors (Lipinski definition) is 1. The van der Waals surface area contributed by atoms with Crippen molar-refractivity contribution in [3.05, 3.63) is 29.8 Å². The van der Waals surface area contributed by atoms with Crippen LogP contribution in [0, 0.1) is 12.8 Å². The van der Waals surface area contributed by atoms with Crippen molar-refractivity contribution in [3.63, 3.8) is 0 Å². The third-order valence-electron chi connectivity index (χ3n) is 3.21. The van der Waals surface area contributed by atoms with Crippen LogP contribution in [0.3, 0.4) is 0 Å². The fourth-order valence-corrected chi connectivity index (χ4v) is 3.22. The van der Waals surface area contributed by atoms with Gasteiger partial charge in [-0.2, -0.15) is 0 Å². The lowest BCUT2D eigenvalue weighted by atomic mass is 10.2. The van der Waals surface area contributed by atoms with Crippen LogP contribution in [0.15, 0.2) is 29.3 Å². The monoisotopic (exact) mass is 232 g/mol. The molecule has 1 N–H and O–H groups in total. The van der Waals surface area contributed by atoms with E-state index in [9.17, 15) is 0 Å². The van der Waals surface area contributed by atoms with Gasteiger partial charge in [0, 0.05) is 10.9 Å². The zero-order valence-corrected chi connectivity index (χ0v) is 10.3. The summed E-state index contributed by atoms with van der Waals surface area (Å²) >= 11 is 1.92. The number of para-hydroxylation sites is 1. The minimum atomic E-state index is 0.742. The van der Waals surface area contributed by atoms with E-state index >= 15 is 0 Å². The molecule has 1 atom stereocenters. The number of amidine groups is 1. The van der Waals surface area contributed by atoms with Crippen LogP contribution in [0.5, 0.6) is 0 Å². The van der Waals surface area contributed by atoms with Crippen molar-refractivity contribution in [3.8, 4) is 0 Å². The van der Waals surface area contributed by atoms with Crippen molar-refractivity contribution >= 4 is 22.6 Å². The highest BCUT2D eigenvalue weighted by atomic mass is 32.2. The maximum Gasteiger partial charge on any atom is 0.161 e. The van der Waals surface area contributed by atoms with E-state index in [4.69, 9.17) is 0 Å². The van der Waals surface area contributed by atoms with Gasteiger partial charge in [0.2, 0.25) is 0 Å². The van der Waals surface area contributed by atoms with E-state index in [1.807, 2.05) is 11.8 Å². The van der Waals surface area contributed by atoms with Crippen LogP contribution in [0.1, 0.15) is 18.4 Å². The summed E-state index contributed by atoms with van der Waals surface area (Å²) < 4.78 is 0. The molecule has 1 aliphatic heterocycles. The number of benzene rings is 1. The average Bonchev–Trinajstić information content (AvgIpc) is 3.03. The second-order valence-electron chi connectivity index (χ2n) is 4.58. The molecule has 84 valence electrons. The van der Waals surface area contributed by atoms with E-state index in [0.717, 1.165) is 22.9 Å². The van der Waals surface area contributed by atoms with E-state index in [2.05, 4.69) is 41.5 Å². The predicted octanol–water partition coefficient (Wildman–Crippen LogP) is 3.29. The SMILES string of the molecule is Cc1ccccc1NC1=NCC(C2CC2)S1. The molecule has 1 aromatic carbocycles. The van der Waals surface area contributed by atoms with Gasteiger partial charge < -0.3 is 5.32 Å². The van der Waals surface area contributed by atoms with Gasteiger partial charge in [-0.25, -0.2) is 0 Å². The van der Waals surface area contributed by atoms with Crippen LogP contribution in [-0.4, -0.2) is 17.0 Å². The van der Waals surface area contributed by atoms with Gasteiger partial charge in [0.15, 0.2) is 5.17 Å². The summed E-state index contributed by atoms with van der Waals surface area (Å²) in [6.45, 7) is 3.13. The summed E-state index contributed by atoms with van der Waals surface area (Å²) in [5.41, 5.74) is 2.46. The second-order valence-corrected chi connectivity index (χ2v) is 5.81. The number of nitrogens with zero attached hydrogens (tertiary/aromatic N) is 1. The predicted molar refractivity (Wildman–Crippen MR) is 71.2 cm³/mol. The second kappa shape index (κ2) is 4.13. The smallest absolute Gasteiger partial charge is 0.161 e. The summed E-state index contributed by atoms with van der Waals surface area (Å²) in [6.07, 6.45) is 2.82. The van der Waals surface area contributed by atoms with Crippen molar-refractivity contribution in [2.24, 2.45) is 10.9 Å². The molecule has 1 aliphatic carbocycles. The van der Waals surface area contributed by atoms with Crippen molar-refractivity contribution < 1.29 is 0 Å². The Labute approximate surface area is 101 Å². The normalized spacial score (nSPS) is 24.3. The molecular weight excluding hydrogens is 216 g/mol. The lowest BCUT2D eigenvalue weighted by molar-refractivity contribution is 0.773. The van der Waals surface area contributed by atoms with Crippen molar-refractivity contribution in [1.82, 2.24) is 0 Å². The van der Waals surface area contributed by atoms with Gasteiger partial charge in [0.1, 0.15) is 0 Å². The summed E-state index contributed by atoms with van der Waals surface area (Å²) in [5, 5.41) is 5.28. The highest BCUT2D eigenvalue weighted by molar-refractivity contribution is 8.15. The standard InChI is InChI=1S/C13H16N2S/c1-9-4-2-3-5-11(9)15-13-14-8-12(16-13)10-6-7-10/h2-5,10,12H,6-8H2,1H3,(H,14,15). The molecule has 1 heterocycles. The molecule has 16 heavy (non-hydrogen) atoms. The number of nitrogens with one attached hydrogen (secondary N) is 1. The first-order valence-electron chi connectivity index (χ1n) is 5.87. The average molecular weight is 232 g/mol. The first-order valence-corrected chi connectivity index (χ1v) is 6.74. The van der Waals surface area contributed by atoms with Crippen molar-refractivity contribution in [1.29, 1.82) is 0 Å². The quantitative estimate of drug-likeness (QED) is 0.846. The Morgan fingerprint density at radius 2 is 2.12 bits per heavy atom. The number of aryl methyl sites for hydroxylation is 1. The number of rotatable bonds is 2. The molecule has 0 bridgehead atoms. The first-order chi connectivity index (χ1) is 7.83. The largest absolute Gasteiger partial charge is 0.335 e. The Bertz CT molecular complexity index is 424. The molecule has 0 saturated heterocycles. The number of aliphatic imine (C=N–C) groups is 1. The lowest BCUT2D eigenvalue weighted by Crippen LogP contribution is -2.09. The number of anilines is 1. The van der Waals surface area contributed by atoms with E-state index in [1.165, 1.54) is 24.1 Å². The minimum absolute atomic E-state index is 0.742. The molecule has 0 aromatic heterocycles. The molecular formula is C13H16N2S. The lowest BCUT2D eigenvalue weighted by Gasteiger charge is -2.09. The Morgan fingerprint density at radius 3 is 2.88 bits per heavy atom. The zero-order chi connectivity index (χ0) is 11.0. The zero-order valence-electron chi connectivity index (χ0n) is 9.44. The highest BCUT2D eigenvalue weighted by Crippen LogP contribution is 2.42. The Hall–Kier alpha value is -0.960. The molecule has 3 rings (SSSR count). The van der Waals surface area contributed by atoms with Crippen molar-refractivity contribution in [2.45, 2.75) is 25.0 Å². The van der Waals surface area contributed by atoms with Crippen LogP contribution in [-0.2, 0) is 0 Å². The molecule has 2 nitrogen and oxygen atoms in total. The molecule has 1 aromatic rings. The summed E-state index contributed by atoms with van der Waals surface area (Å²) in [4.78, 5) is 4.58. The third-order valence-corrected chi connectivity index (χ3v) is 4.50. The van der Waals surface area contributed by atoms with Gasteiger partial charge >= 0.3 is 0 Å². The molecule has 0 amide bonds. The number of hydrogen-bond acceptors (Lipinski definition) is 3. The molecule has 1 fully saturated rings. The van der Waals surface area contributed by atoms with Gasteiger partial charge in [-0.05, 0) is 37.3 Å². The van der Waals surface area contributed by atoms with Crippen LogP contribution in [0.2, 0.25) is 0 Å². The highest BCUT2D eigenvalue weighted by Gasteiger charge is 2.35. The molecule has 1 saturated carbocycles.